The Kier molecular flexibility index (Phi) is 5.19. The van der Waals surface area contributed by atoms with E-state index in [1.165, 1.54) is 0 Å². The minimum absolute atomic E-state index is 0.0501. The van der Waals surface area contributed by atoms with Gasteiger partial charge in [0.05, 0.1) is 30.8 Å². The number of nitrogens with zero attached hydrogens (tertiary/aromatic N) is 4. The van der Waals surface area contributed by atoms with Gasteiger partial charge in [-0.1, -0.05) is 25.3 Å². The van der Waals surface area contributed by atoms with Gasteiger partial charge in [-0.05, 0) is 18.6 Å². The number of carbonyl (C=O) groups is 1. The van der Waals surface area contributed by atoms with Gasteiger partial charge in [-0.3, -0.25) is 9.78 Å². The number of carbonyl (C=O) groups excluding carboxylic acids is 1. The molecule has 0 spiro atoms. The first-order valence-electron chi connectivity index (χ1n) is 9.18. The van der Waals surface area contributed by atoms with E-state index in [-0.39, 0.29) is 5.91 Å². The Morgan fingerprint density at radius 3 is 2.75 bits per heavy atom. The molecule has 2 aromatic heterocycles. The average Bonchev–Trinajstić information content (AvgIpc) is 3.13. The van der Waals surface area contributed by atoms with Crippen LogP contribution in [0.4, 0.5) is 0 Å². The highest BCUT2D eigenvalue weighted by Gasteiger charge is 2.32. The molecule has 4 rings (SSSR count). The monoisotopic (exact) mass is 394 g/mol. The zero-order valence-electron chi connectivity index (χ0n) is 15.9. The molecule has 1 saturated heterocycles. The summed E-state index contributed by atoms with van der Waals surface area (Å²) in [6, 6.07) is 1.94. The lowest BCUT2D eigenvalue weighted by Crippen LogP contribution is -2.41. The Balaban J connectivity index is 1.92. The van der Waals surface area contributed by atoms with E-state index >= 15 is 0 Å². The second-order valence-electron chi connectivity index (χ2n) is 6.63. The Labute approximate surface area is 168 Å². The van der Waals surface area contributed by atoms with Crippen LogP contribution in [0, 0.1) is 6.92 Å². The lowest BCUT2D eigenvalue weighted by Gasteiger charge is -2.26. The fourth-order valence-corrected chi connectivity index (χ4v) is 4.54. The molecule has 0 aromatic carbocycles. The Morgan fingerprint density at radius 2 is 2.07 bits per heavy atom. The van der Waals surface area contributed by atoms with Gasteiger partial charge in [-0.15, -0.1) is 11.8 Å². The fourth-order valence-electron chi connectivity index (χ4n) is 3.51. The molecule has 2 aromatic rings. The summed E-state index contributed by atoms with van der Waals surface area (Å²) < 4.78 is 7.23. The van der Waals surface area contributed by atoms with Crippen molar-refractivity contribution in [3.63, 3.8) is 0 Å². The maximum absolute atomic E-state index is 13.3. The first-order valence-corrected chi connectivity index (χ1v) is 10.2. The second kappa shape index (κ2) is 7.77. The van der Waals surface area contributed by atoms with Crippen LogP contribution in [0.25, 0.3) is 11.3 Å². The van der Waals surface area contributed by atoms with Crippen LogP contribution in [0.3, 0.4) is 0 Å². The molecule has 0 radical (unpaired) electrons. The lowest BCUT2D eigenvalue weighted by molar-refractivity contribution is 0.0298. The molecule has 1 fully saturated rings. The number of amides is 1. The summed E-state index contributed by atoms with van der Waals surface area (Å²) in [5.41, 5.74) is 5.16. The van der Waals surface area contributed by atoms with E-state index in [4.69, 9.17) is 9.84 Å². The first-order chi connectivity index (χ1) is 13.7. The molecular weight excluding hydrogens is 372 g/mol. The zero-order valence-corrected chi connectivity index (χ0v) is 16.7. The summed E-state index contributed by atoms with van der Waals surface area (Å²) in [5.74, 6) is 0.615. The Bertz CT molecular complexity index is 986. The van der Waals surface area contributed by atoms with E-state index in [0.717, 1.165) is 33.0 Å². The molecular formula is C21H22N4O2S. The molecule has 4 heterocycles. The normalized spacial score (nSPS) is 16.7. The Morgan fingerprint density at radius 1 is 1.29 bits per heavy atom. The SMILES string of the molecule is C=CC1=C(C=C)c2c(c(C(=O)N3CCOCC3)nn2-c2cnccc2C)CS1. The molecule has 0 aliphatic carbocycles. The number of rotatable bonds is 4. The van der Waals surface area contributed by atoms with Crippen molar-refractivity contribution in [2.45, 2.75) is 12.7 Å². The Hall–Kier alpha value is -2.64. The van der Waals surface area contributed by atoms with E-state index < -0.39 is 0 Å². The predicted octanol–water partition coefficient (Wildman–Crippen LogP) is 3.38. The highest BCUT2D eigenvalue weighted by atomic mass is 32.2. The van der Waals surface area contributed by atoms with Gasteiger partial charge >= 0.3 is 0 Å². The van der Waals surface area contributed by atoms with Gasteiger partial charge in [0.1, 0.15) is 0 Å². The van der Waals surface area contributed by atoms with Gasteiger partial charge in [-0.2, -0.15) is 5.10 Å². The molecule has 0 atom stereocenters. The highest BCUT2D eigenvalue weighted by Crippen LogP contribution is 2.41. The van der Waals surface area contributed by atoms with Crippen LogP contribution in [0.1, 0.15) is 27.3 Å². The van der Waals surface area contributed by atoms with E-state index in [9.17, 15) is 4.79 Å². The highest BCUT2D eigenvalue weighted by molar-refractivity contribution is 8.02. The molecule has 28 heavy (non-hydrogen) atoms. The quantitative estimate of drug-likeness (QED) is 0.796. The number of fused-ring (bicyclic) bond motifs is 1. The van der Waals surface area contributed by atoms with Crippen molar-refractivity contribution in [1.29, 1.82) is 0 Å². The number of pyridine rings is 1. The molecule has 0 saturated carbocycles. The fraction of sp³-hybridized carbons (Fsp3) is 0.286. The van der Waals surface area contributed by atoms with Gasteiger partial charge in [0.2, 0.25) is 0 Å². The van der Waals surface area contributed by atoms with Crippen molar-refractivity contribution in [3.8, 4) is 5.69 Å². The largest absolute Gasteiger partial charge is 0.378 e. The van der Waals surface area contributed by atoms with E-state index in [2.05, 4.69) is 18.1 Å². The van der Waals surface area contributed by atoms with Crippen LogP contribution in [0.15, 0.2) is 48.7 Å². The third-order valence-corrected chi connectivity index (χ3v) is 6.14. The molecule has 7 heteroatoms. The summed E-state index contributed by atoms with van der Waals surface area (Å²) in [5, 5.41) is 4.78. The maximum atomic E-state index is 13.3. The summed E-state index contributed by atoms with van der Waals surface area (Å²) in [4.78, 5) is 20.4. The van der Waals surface area contributed by atoms with E-state index in [1.54, 1.807) is 24.2 Å². The van der Waals surface area contributed by atoms with Gasteiger partial charge in [0.25, 0.3) is 5.91 Å². The van der Waals surface area contributed by atoms with E-state index in [0.29, 0.717) is 37.8 Å². The van der Waals surface area contributed by atoms with Crippen LogP contribution < -0.4 is 0 Å². The third kappa shape index (κ3) is 3.10. The molecule has 6 nitrogen and oxygen atoms in total. The standard InChI is InChI=1S/C21H22N4O2S/c1-4-15-18(5-2)28-13-16-19(21(26)24-8-10-27-11-9-24)23-25(20(15)16)17-12-22-7-6-14(17)3/h4-7,12H,1-2,8-11,13H2,3H3. The first kappa shape index (κ1) is 18.7. The number of hydrogen-bond acceptors (Lipinski definition) is 5. The summed E-state index contributed by atoms with van der Waals surface area (Å²) >= 11 is 1.66. The topological polar surface area (TPSA) is 60.3 Å². The number of morpholine rings is 1. The molecule has 144 valence electrons. The van der Waals surface area contributed by atoms with Gasteiger partial charge in [-0.25, -0.2) is 4.68 Å². The zero-order chi connectivity index (χ0) is 19.7. The van der Waals surface area contributed by atoms with Crippen LogP contribution in [-0.4, -0.2) is 51.9 Å². The van der Waals surface area contributed by atoms with Crippen LogP contribution in [-0.2, 0) is 10.5 Å². The third-order valence-electron chi connectivity index (χ3n) is 5.01. The van der Waals surface area contributed by atoms with Crippen molar-refractivity contribution in [1.82, 2.24) is 19.7 Å². The van der Waals surface area contributed by atoms with Crippen LogP contribution >= 0.6 is 11.8 Å². The number of aryl methyl sites for hydroxylation is 1. The molecule has 2 aliphatic heterocycles. The van der Waals surface area contributed by atoms with Crippen molar-refractivity contribution in [2.75, 3.05) is 26.3 Å². The molecule has 1 amide bonds. The number of aromatic nitrogens is 3. The van der Waals surface area contributed by atoms with Crippen molar-refractivity contribution in [3.05, 3.63) is 71.2 Å². The van der Waals surface area contributed by atoms with Crippen LogP contribution in [0.5, 0.6) is 0 Å². The molecule has 0 N–H and O–H groups in total. The summed E-state index contributed by atoms with van der Waals surface area (Å²) in [7, 11) is 0. The lowest BCUT2D eigenvalue weighted by atomic mass is 10.0. The molecule has 0 bridgehead atoms. The van der Waals surface area contributed by atoms with Gasteiger partial charge < -0.3 is 9.64 Å². The van der Waals surface area contributed by atoms with E-state index in [1.807, 2.05) is 34.7 Å². The predicted molar refractivity (Wildman–Crippen MR) is 111 cm³/mol. The van der Waals surface area contributed by atoms with Crippen molar-refractivity contribution in [2.24, 2.45) is 0 Å². The minimum Gasteiger partial charge on any atom is -0.378 e. The second-order valence-corrected chi connectivity index (χ2v) is 7.65. The van der Waals surface area contributed by atoms with Crippen molar-refractivity contribution < 1.29 is 9.53 Å². The summed E-state index contributed by atoms with van der Waals surface area (Å²) in [6.07, 6.45) is 7.18. The molecule has 0 unspecified atom stereocenters. The van der Waals surface area contributed by atoms with Crippen LogP contribution in [0.2, 0.25) is 0 Å². The van der Waals surface area contributed by atoms with Gasteiger partial charge in [0.15, 0.2) is 5.69 Å². The maximum Gasteiger partial charge on any atom is 0.274 e. The smallest absolute Gasteiger partial charge is 0.274 e. The number of ether oxygens (including phenoxy) is 1. The van der Waals surface area contributed by atoms with Gasteiger partial charge in [0, 0.05) is 41.1 Å². The summed E-state index contributed by atoms with van der Waals surface area (Å²) in [6.45, 7) is 12.2. The number of allylic oxidation sites excluding steroid dienone is 3. The number of thioether (sulfide) groups is 1. The molecule has 2 aliphatic rings. The van der Waals surface area contributed by atoms with Crippen molar-refractivity contribution >= 4 is 23.2 Å². The average molecular weight is 395 g/mol. The number of hydrogen-bond donors (Lipinski definition) is 0. The minimum atomic E-state index is -0.0501.